The Bertz CT molecular complexity index is 907. The van der Waals surface area contributed by atoms with Gasteiger partial charge in [0, 0.05) is 17.5 Å². The molecule has 1 saturated carbocycles. The summed E-state index contributed by atoms with van der Waals surface area (Å²) in [5, 5.41) is 3.32. The first-order chi connectivity index (χ1) is 14.0. The van der Waals surface area contributed by atoms with Gasteiger partial charge in [-0.25, -0.2) is 0 Å². The minimum Gasteiger partial charge on any atom is -0.351 e. The van der Waals surface area contributed by atoms with Crippen LogP contribution in [0.5, 0.6) is 0 Å². The number of nitrogens with one attached hydrogen (secondary N) is 1. The zero-order valence-corrected chi connectivity index (χ0v) is 18.7. The molecule has 1 atom stereocenters. The number of thiophene rings is 1. The lowest BCUT2D eigenvalue weighted by Crippen LogP contribution is -2.65. The molecule has 3 heterocycles. The van der Waals surface area contributed by atoms with Crippen molar-refractivity contribution in [2.75, 3.05) is 6.54 Å². The molecule has 1 aliphatic heterocycles. The van der Waals surface area contributed by atoms with E-state index in [1.807, 2.05) is 17.9 Å². The lowest BCUT2D eigenvalue weighted by molar-refractivity contribution is -0.133. The first-order valence-electron chi connectivity index (χ1n) is 11.2. The number of aromatic nitrogens is 1. The molecule has 2 amide bonds. The van der Waals surface area contributed by atoms with E-state index in [1.54, 1.807) is 11.3 Å². The fraction of sp³-hybridized carbons (Fsp3) is 0.652. The molecule has 1 N–H and O–H groups in total. The van der Waals surface area contributed by atoms with E-state index in [4.69, 9.17) is 0 Å². The second-order valence-corrected chi connectivity index (χ2v) is 9.99. The van der Waals surface area contributed by atoms with Crippen molar-refractivity contribution in [1.82, 2.24) is 14.8 Å². The van der Waals surface area contributed by atoms with Gasteiger partial charge in [0.05, 0.1) is 16.8 Å². The first kappa shape index (κ1) is 20.5. The molecule has 2 aromatic heterocycles. The molecule has 6 heteroatoms. The highest BCUT2D eigenvalue weighted by Crippen LogP contribution is 2.36. The van der Waals surface area contributed by atoms with Gasteiger partial charge in [-0.05, 0) is 44.7 Å². The van der Waals surface area contributed by atoms with Crippen molar-refractivity contribution >= 4 is 33.4 Å². The van der Waals surface area contributed by atoms with Crippen LogP contribution in [0.15, 0.2) is 12.1 Å². The van der Waals surface area contributed by atoms with E-state index in [1.165, 1.54) is 30.6 Å². The van der Waals surface area contributed by atoms with E-state index in [0.717, 1.165) is 41.6 Å². The van der Waals surface area contributed by atoms with Crippen LogP contribution < -0.4 is 5.32 Å². The third-order valence-electron chi connectivity index (χ3n) is 6.64. The highest BCUT2D eigenvalue weighted by Gasteiger charge is 2.47. The minimum atomic E-state index is -0.855. The van der Waals surface area contributed by atoms with Gasteiger partial charge in [-0.15, -0.1) is 11.3 Å². The van der Waals surface area contributed by atoms with E-state index in [9.17, 15) is 9.59 Å². The number of fused-ring (bicyclic) bond motifs is 3. The average molecular weight is 416 g/mol. The van der Waals surface area contributed by atoms with E-state index >= 15 is 0 Å². The first-order valence-corrected chi connectivity index (χ1v) is 12.0. The number of rotatable bonds is 5. The van der Waals surface area contributed by atoms with Gasteiger partial charge in [0.2, 0.25) is 5.91 Å². The molecule has 2 aliphatic rings. The second kappa shape index (κ2) is 8.13. The lowest BCUT2D eigenvalue weighted by atomic mass is 9.93. The maximum absolute atomic E-state index is 13.5. The van der Waals surface area contributed by atoms with Gasteiger partial charge >= 0.3 is 0 Å². The largest absolute Gasteiger partial charge is 0.351 e. The monoisotopic (exact) mass is 415 g/mol. The van der Waals surface area contributed by atoms with Crippen LogP contribution in [0.2, 0.25) is 0 Å². The summed E-state index contributed by atoms with van der Waals surface area (Å²) in [6.45, 7) is 7.30. The zero-order chi connectivity index (χ0) is 20.6. The fourth-order valence-electron chi connectivity index (χ4n) is 4.90. The maximum atomic E-state index is 13.5. The lowest BCUT2D eigenvalue weighted by Gasteiger charge is -2.44. The number of nitrogens with zero attached hydrogens (tertiary/aromatic N) is 2. The molecular weight excluding hydrogens is 382 g/mol. The Labute approximate surface area is 177 Å². The van der Waals surface area contributed by atoms with Crippen molar-refractivity contribution in [3.8, 4) is 0 Å². The van der Waals surface area contributed by atoms with Crippen molar-refractivity contribution in [1.29, 1.82) is 0 Å². The van der Waals surface area contributed by atoms with Gasteiger partial charge in [0.15, 0.2) is 0 Å². The van der Waals surface area contributed by atoms with Crippen LogP contribution in [0, 0.1) is 0 Å². The van der Waals surface area contributed by atoms with Gasteiger partial charge in [0.1, 0.15) is 11.2 Å². The summed E-state index contributed by atoms with van der Waals surface area (Å²) >= 11 is 1.75. The molecule has 0 unspecified atom stereocenters. The van der Waals surface area contributed by atoms with E-state index in [0.29, 0.717) is 13.1 Å². The Morgan fingerprint density at radius 3 is 2.59 bits per heavy atom. The summed E-state index contributed by atoms with van der Waals surface area (Å²) in [6.07, 6.45) is 8.79. The SMILES string of the molecule is CCCN1C(=O)c2cc3sc(CC)cc3n2C[C@]1(C)C(=O)NC1CCCCCC1. The van der Waals surface area contributed by atoms with Gasteiger partial charge in [-0.3, -0.25) is 9.59 Å². The van der Waals surface area contributed by atoms with Crippen molar-refractivity contribution < 1.29 is 9.59 Å². The maximum Gasteiger partial charge on any atom is 0.271 e. The molecule has 0 aromatic carbocycles. The molecule has 158 valence electrons. The summed E-state index contributed by atoms with van der Waals surface area (Å²) in [5.74, 6) is -0.0114. The molecule has 0 radical (unpaired) electrons. The zero-order valence-electron chi connectivity index (χ0n) is 17.9. The molecule has 1 fully saturated rings. The van der Waals surface area contributed by atoms with Gasteiger partial charge in [-0.1, -0.05) is 39.5 Å². The summed E-state index contributed by atoms with van der Waals surface area (Å²) in [7, 11) is 0. The highest BCUT2D eigenvalue weighted by molar-refractivity contribution is 7.19. The molecule has 0 saturated heterocycles. The molecule has 5 nitrogen and oxygen atoms in total. The van der Waals surface area contributed by atoms with Crippen molar-refractivity contribution in [2.24, 2.45) is 0 Å². The van der Waals surface area contributed by atoms with Crippen molar-refractivity contribution in [2.45, 2.75) is 90.3 Å². The van der Waals surface area contributed by atoms with Crippen molar-refractivity contribution in [3.63, 3.8) is 0 Å². The van der Waals surface area contributed by atoms with Crippen LogP contribution >= 0.6 is 11.3 Å². The summed E-state index contributed by atoms with van der Waals surface area (Å²) in [5.41, 5.74) is 0.967. The Morgan fingerprint density at radius 2 is 1.93 bits per heavy atom. The van der Waals surface area contributed by atoms with Crippen LogP contribution in [0.4, 0.5) is 0 Å². The smallest absolute Gasteiger partial charge is 0.271 e. The number of hydrogen-bond acceptors (Lipinski definition) is 3. The van der Waals surface area contributed by atoms with E-state index in [-0.39, 0.29) is 17.9 Å². The normalized spacial score (nSPS) is 23.3. The van der Waals surface area contributed by atoms with Crippen LogP contribution in [0.3, 0.4) is 0 Å². The molecular formula is C23H33N3O2S. The average Bonchev–Trinajstić information content (AvgIpc) is 3.14. The molecule has 4 rings (SSSR count). The summed E-state index contributed by atoms with van der Waals surface area (Å²) < 4.78 is 3.24. The van der Waals surface area contributed by atoms with Crippen LogP contribution in [0.25, 0.3) is 10.2 Å². The standard InChI is InChI=1S/C23H33N3O2S/c1-4-12-26-21(27)19-14-20-18(13-17(5-2)29-20)25(19)15-23(26,3)22(28)24-16-10-8-6-7-9-11-16/h13-14,16H,4-12,15H2,1-3H3,(H,24,28)/t23-/m1/s1. The Morgan fingerprint density at radius 1 is 1.21 bits per heavy atom. The van der Waals surface area contributed by atoms with Crippen LogP contribution in [-0.2, 0) is 17.8 Å². The topological polar surface area (TPSA) is 54.3 Å². The number of hydrogen-bond donors (Lipinski definition) is 1. The highest BCUT2D eigenvalue weighted by atomic mass is 32.1. The number of carbonyl (C=O) groups excluding carboxylic acids is 2. The molecule has 0 spiro atoms. The third-order valence-corrected chi connectivity index (χ3v) is 7.86. The second-order valence-electron chi connectivity index (χ2n) is 8.82. The molecule has 1 aliphatic carbocycles. The Kier molecular flexibility index (Phi) is 5.74. The number of aryl methyl sites for hydroxylation is 1. The predicted molar refractivity (Wildman–Crippen MR) is 119 cm³/mol. The van der Waals surface area contributed by atoms with E-state index < -0.39 is 5.54 Å². The predicted octanol–water partition coefficient (Wildman–Crippen LogP) is 4.73. The van der Waals surface area contributed by atoms with Gasteiger partial charge in [-0.2, -0.15) is 0 Å². The molecule has 2 aromatic rings. The minimum absolute atomic E-state index is 0.00430. The number of amides is 2. The fourth-order valence-corrected chi connectivity index (χ4v) is 5.94. The Balaban J connectivity index is 1.68. The van der Waals surface area contributed by atoms with E-state index in [2.05, 4.69) is 29.8 Å². The molecule has 29 heavy (non-hydrogen) atoms. The van der Waals surface area contributed by atoms with Gasteiger partial charge < -0.3 is 14.8 Å². The third kappa shape index (κ3) is 3.60. The van der Waals surface area contributed by atoms with Crippen LogP contribution in [-0.4, -0.2) is 39.4 Å². The quantitative estimate of drug-likeness (QED) is 0.718. The number of carbonyl (C=O) groups is 2. The van der Waals surface area contributed by atoms with Crippen LogP contribution in [0.1, 0.15) is 81.1 Å². The van der Waals surface area contributed by atoms with Crippen molar-refractivity contribution in [3.05, 3.63) is 22.7 Å². The summed E-state index contributed by atoms with van der Waals surface area (Å²) in [4.78, 5) is 30.1. The Hall–Kier alpha value is -1.82. The molecule has 0 bridgehead atoms. The van der Waals surface area contributed by atoms with Gasteiger partial charge in [0.25, 0.3) is 5.91 Å². The summed E-state index contributed by atoms with van der Waals surface area (Å²) in [6, 6.07) is 4.45.